The summed E-state index contributed by atoms with van der Waals surface area (Å²) in [6.45, 7) is 0.674. The van der Waals surface area contributed by atoms with Crippen molar-refractivity contribution in [3.05, 3.63) is 124 Å². The maximum Gasteiger partial charge on any atom is 0.343 e. The Morgan fingerprint density at radius 3 is 2.24 bits per heavy atom. The zero-order valence-electron chi connectivity index (χ0n) is 18.0. The maximum atomic E-state index is 12.4. The Hall–Kier alpha value is -4.78. The Morgan fingerprint density at radius 1 is 0.853 bits per heavy atom. The van der Waals surface area contributed by atoms with Gasteiger partial charge in [0.1, 0.15) is 11.6 Å². The smallest absolute Gasteiger partial charge is 0.343 e. The lowest BCUT2D eigenvalue weighted by Crippen LogP contribution is -2.08. The van der Waals surface area contributed by atoms with Crippen LogP contribution in [0, 0.1) is 10.1 Å². The first-order chi connectivity index (χ1) is 16.6. The molecular weight excluding hydrogens is 430 g/mol. The van der Waals surface area contributed by atoms with Gasteiger partial charge in [-0.15, -0.1) is 0 Å². The molecule has 5 aromatic rings. The van der Waals surface area contributed by atoms with Crippen molar-refractivity contribution < 1.29 is 14.5 Å². The molecule has 5 rings (SSSR count). The van der Waals surface area contributed by atoms with E-state index in [1.807, 2.05) is 48.5 Å². The predicted molar refractivity (Wildman–Crippen MR) is 129 cm³/mol. The van der Waals surface area contributed by atoms with Gasteiger partial charge >= 0.3 is 5.97 Å². The van der Waals surface area contributed by atoms with Gasteiger partial charge in [-0.2, -0.15) is 0 Å². The van der Waals surface area contributed by atoms with Gasteiger partial charge in [-0.1, -0.05) is 42.5 Å². The van der Waals surface area contributed by atoms with Gasteiger partial charge in [0.2, 0.25) is 0 Å². The number of imidazole rings is 1. The number of carbonyl (C=O) groups is 1. The molecular formula is C27H19N3O4. The minimum absolute atomic E-state index is 0.0840. The number of nitro groups is 1. The third-order valence-corrected chi connectivity index (χ3v) is 5.47. The summed E-state index contributed by atoms with van der Waals surface area (Å²) >= 11 is 0. The monoisotopic (exact) mass is 449 g/mol. The molecule has 7 heteroatoms. The van der Waals surface area contributed by atoms with E-state index in [1.165, 1.54) is 29.8 Å². The van der Waals surface area contributed by atoms with E-state index in [1.54, 1.807) is 12.1 Å². The van der Waals surface area contributed by atoms with Crippen LogP contribution in [0.25, 0.3) is 22.4 Å². The van der Waals surface area contributed by atoms with E-state index >= 15 is 0 Å². The Bertz CT molecular complexity index is 1470. The average Bonchev–Trinajstić information content (AvgIpc) is 3.23. The minimum atomic E-state index is -0.584. The molecule has 7 nitrogen and oxygen atoms in total. The van der Waals surface area contributed by atoms with Crippen molar-refractivity contribution in [3.8, 4) is 17.1 Å². The Morgan fingerprint density at radius 2 is 1.53 bits per heavy atom. The van der Waals surface area contributed by atoms with E-state index in [9.17, 15) is 14.9 Å². The van der Waals surface area contributed by atoms with Crippen LogP contribution < -0.4 is 4.74 Å². The lowest BCUT2D eigenvalue weighted by Gasteiger charge is -2.10. The van der Waals surface area contributed by atoms with Crippen molar-refractivity contribution >= 4 is 22.7 Å². The number of benzene rings is 4. The number of para-hydroxylation sites is 2. The molecule has 0 saturated carbocycles. The van der Waals surface area contributed by atoms with E-state index in [-0.39, 0.29) is 11.3 Å². The van der Waals surface area contributed by atoms with E-state index in [0.29, 0.717) is 12.3 Å². The molecule has 0 bridgehead atoms. The molecule has 0 aliphatic rings. The van der Waals surface area contributed by atoms with E-state index < -0.39 is 10.9 Å². The first-order valence-corrected chi connectivity index (χ1v) is 10.6. The van der Waals surface area contributed by atoms with Crippen LogP contribution in [0.5, 0.6) is 5.75 Å². The second-order valence-electron chi connectivity index (χ2n) is 7.71. The summed E-state index contributed by atoms with van der Waals surface area (Å²) in [6.07, 6.45) is 0. The normalized spacial score (nSPS) is 10.8. The fraction of sp³-hybridized carbons (Fsp3) is 0.0370. The van der Waals surface area contributed by atoms with Gasteiger partial charge in [-0.25, -0.2) is 9.78 Å². The van der Waals surface area contributed by atoms with Gasteiger partial charge < -0.3 is 9.30 Å². The molecule has 1 heterocycles. The fourth-order valence-electron chi connectivity index (χ4n) is 3.78. The van der Waals surface area contributed by atoms with Crippen molar-refractivity contribution in [1.29, 1.82) is 0 Å². The van der Waals surface area contributed by atoms with Gasteiger partial charge in [-0.05, 0) is 54.1 Å². The second-order valence-corrected chi connectivity index (χ2v) is 7.71. The van der Waals surface area contributed by atoms with Crippen LogP contribution >= 0.6 is 0 Å². The lowest BCUT2D eigenvalue weighted by molar-refractivity contribution is -0.384. The van der Waals surface area contributed by atoms with Crippen molar-refractivity contribution in [1.82, 2.24) is 9.55 Å². The number of carbonyl (C=O) groups excluding carboxylic acids is 1. The topological polar surface area (TPSA) is 87.3 Å². The summed E-state index contributed by atoms with van der Waals surface area (Å²) in [7, 11) is 0. The molecule has 0 saturated heterocycles. The Kier molecular flexibility index (Phi) is 5.58. The highest BCUT2D eigenvalue weighted by Gasteiger charge is 2.15. The van der Waals surface area contributed by atoms with Gasteiger partial charge in [0.25, 0.3) is 5.69 Å². The number of esters is 1. The molecule has 0 aliphatic heterocycles. The van der Waals surface area contributed by atoms with E-state index in [2.05, 4.69) is 22.8 Å². The van der Waals surface area contributed by atoms with E-state index in [4.69, 9.17) is 9.72 Å². The zero-order chi connectivity index (χ0) is 23.5. The number of aromatic nitrogens is 2. The number of hydrogen-bond donors (Lipinski definition) is 0. The largest absolute Gasteiger partial charge is 0.423 e. The van der Waals surface area contributed by atoms with Crippen molar-refractivity contribution in [2.75, 3.05) is 0 Å². The van der Waals surface area contributed by atoms with Gasteiger partial charge in [0.05, 0.1) is 21.5 Å². The number of non-ortho nitro benzene ring substituents is 1. The molecule has 166 valence electrons. The molecule has 4 aromatic carbocycles. The van der Waals surface area contributed by atoms with Gasteiger partial charge in [-0.3, -0.25) is 10.1 Å². The highest BCUT2D eigenvalue weighted by molar-refractivity contribution is 5.91. The number of fused-ring (bicyclic) bond motifs is 1. The minimum Gasteiger partial charge on any atom is -0.423 e. The standard InChI is InChI=1S/C27H19N3O4/c31-27(21-10-14-22(15-11-21)30(32)33)34-23-16-12-20(13-17-23)26-28-24-8-4-5-9-25(24)29(26)18-19-6-2-1-3-7-19/h1-17H,18H2. The molecule has 0 spiro atoms. The molecule has 0 amide bonds. The van der Waals surface area contributed by atoms with Crippen molar-refractivity contribution in [2.45, 2.75) is 6.54 Å². The molecule has 0 unspecified atom stereocenters. The van der Waals surface area contributed by atoms with Crippen LogP contribution in [-0.4, -0.2) is 20.4 Å². The third kappa shape index (κ3) is 4.27. The molecule has 0 radical (unpaired) electrons. The van der Waals surface area contributed by atoms with Crippen LogP contribution in [0.2, 0.25) is 0 Å². The summed E-state index contributed by atoms with van der Waals surface area (Å²) in [5.41, 5.74) is 4.15. The number of nitro benzene ring substituents is 1. The quantitative estimate of drug-likeness (QED) is 0.140. The summed E-state index contributed by atoms with van der Waals surface area (Å²) in [4.78, 5) is 27.5. The highest BCUT2D eigenvalue weighted by Crippen LogP contribution is 2.28. The number of nitrogens with zero attached hydrogens (tertiary/aromatic N) is 3. The number of hydrogen-bond acceptors (Lipinski definition) is 5. The first-order valence-electron chi connectivity index (χ1n) is 10.6. The Balaban J connectivity index is 1.41. The summed E-state index contributed by atoms with van der Waals surface area (Å²) in [5.74, 6) is 0.607. The predicted octanol–water partition coefficient (Wildman–Crippen LogP) is 5.88. The molecule has 0 fully saturated rings. The molecule has 1 aromatic heterocycles. The number of ether oxygens (including phenoxy) is 1. The van der Waals surface area contributed by atoms with Gasteiger partial charge in [0, 0.05) is 24.2 Å². The number of rotatable bonds is 6. The van der Waals surface area contributed by atoms with Gasteiger partial charge in [0.15, 0.2) is 0 Å². The Labute approximate surface area is 195 Å². The summed E-state index contributed by atoms with van der Waals surface area (Å²) in [6, 6.07) is 30.6. The van der Waals surface area contributed by atoms with Crippen molar-refractivity contribution in [3.63, 3.8) is 0 Å². The lowest BCUT2D eigenvalue weighted by atomic mass is 10.2. The SMILES string of the molecule is O=C(Oc1ccc(-c2nc3ccccc3n2Cc2ccccc2)cc1)c1ccc([N+](=O)[O-])cc1. The molecule has 34 heavy (non-hydrogen) atoms. The zero-order valence-corrected chi connectivity index (χ0v) is 18.0. The van der Waals surface area contributed by atoms with Crippen molar-refractivity contribution in [2.24, 2.45) is 0 Å². The second kappa shape index (κ2) is 8.99. The van der Waals surface area contributed by atoms with Crippen LogP contribution in [0.3, 0.4) is 0 Å². The summed E-state index contributed by atoms with van der Waals surface area (Å²) in [5, 5.41) is 10.8. The van der Waals surface area contributed by atoms with Crippen LogP contribution in [0.1, 0.15) is 15.9 Å². The van der Waals surface area contributed by atoms with Crippen LogP contribution in [0.15, 0.2) is 103 Å². The molecule has 0 atom stereocenters. The van der Waals surface area contributed by atoms with Crippen LogP contribution in [0.4, 0.5) is 5.69 Å². The third-order valence-electron chi connectivity index (χ3n) is 5.47. The molecule has 0 N–H and O–H groups in total. The maximum absolute atomic E-state index is 12.4. The summed E-state index contributed by atoms with van der Waals surface area (Å²) < 4.78 is 7.61. The fourth-order valence-corrected chi connectivity index (χ4v) is 3.78. The first kappa shape index (κ1) is 21.1. The van der Waals surface area contributed by atoms with Crippen LogP contribution in [-0.2, 0) is 6.54 Å². The average molecular weight is 449 g/mol. The van der Waals surface area contributed by atoms with E-state index in [0.717, 1.165) is 22.4 Å². The molecule has 0 aliphatic carbocycles. The highest BCUT2D eigenvalue weighted by atomic mass is 16.6.